The number of hydrogen-bond acceptors (Lipinski definition) is 2. The van der Waals surface area contributed by atoms with Crippen molar-refractivity contribution in [3.63, 3.8) is 0 Å². The van der Waals surface area contributed by atoms with Crippen LogP contribution in [0.25, 0.3) is 0 Å². The van der Waals surface area contributed by atoms with Gasteiger partial charge in [-0.15, -0.1) is 0 Å². The number of hydrazine groups is 1. The van der Waals surface area contributed by atoms with Gasteiger partial charge < -0.3 is 4.90 Å². The molecule has 104 valence electrons. The van der Waals surface area contributed by atoms with Crippen molar-refractivity contribution in [3.8, 4) is 0 Å². The standard InChI is InChI=1S/C15H24N4/c1-2-8-14-11-6-7-12-19(14)15(18-16)17-13-9-4-3-5-10-13/h3-5,9-10,14H,2,6-8,11-12,16H2,1H3,(H,17,18). The van der Waals surface area contributed by atoms with Crippen molar-refractivity contribution in [2.24, 2.45) is 10.8 Å². The van der Waals surface area contributed by atoms with Crippen LogP contribution in [0.3, 0.4) is 0 Å². The highest BCUT2D eigenvalue weighted by Gasteiger charge is 2.24. The Morgan fingerprint density at radius 3 is 2.84 bits per heavy atom. The summed E-state index contributed by atoms with van der Waals surface area (Å²) in [5.41, 5.74) is 3.73. The molecule has 1 saturated heterocycles. The van der Waals surface area contributed by atoms with Crippen LogP contribution in [0.2, 0.25) is 0 Å². The second-order valence-electron chi connectivity index (χ2n) is 5.05. The second kappa shape index (κ2) is 7.14. The molecule has 1 unspecified atom stereocenters. The van der Waals surface area contributed by atoms with E-state index in [1.807, 2.05) is 30.3 Å². The lowest BCUT2D eigenvalue weighted by molar-refractivity contribution is 0.222. The van der Waals surface area contributed by atoms with Crippen LogP contribution in [0.15, 0.2) is 35.3 Å². The Morgan fingerprint density at radius 2 is 2.16 bits per heavy atom. The molecule has 0 amide bonds. The second-order valence-corrected chi connectivity index (χ2v) is 5.05. The molecule has 2 rings (SSSR count). The third kappa shape index (κ3) is 3.70. The molecule has 1 aromatic carbocycles. The van der Waals surface area contributed by atoms with E-state index in [1.165, 1.54) is 32.1 Å². The van der Waals surface area contributed by atoms with Gasteiger partial charge in [0.1, 0.15) is 0 Å². The normalized spacial score (nSPS) is 20.4. The smallest absolute Gasteiger partial charge is 0.213 e. The maximum atomic E-state index is 5.69. The van der Waals surface area contributed by atoms with E-state index in [2.05, 4.69) is 22.2 Å². The van der Waals surface area contributed by atoms with Gasteiger partial charge in [-0.05, 0) is 37.8 Å². The van der Waals surface area contributed by atoms with E-state index in [-0.39, 0.29) is 0 Å². The Balaban J connectivity index is 2.17. The van der Waals surface area contributed by atoms with Crippen LogP contribution in [0, 0.1) is 0 Å². The number of para-hydroxylation sites is 1. The van der Waals surface area contributed by atoms with E-state index < -0.39 is 0 Å². The fourth-order valence-corrected chi connectivity index (χ4v) is 2.72. The van der Waals surface area contributed by atoms with Gasteiger partial charge in [-0.1, -0.05) is 31.5 Å². The molecule has 1 atom stereocenters. The fourth-order valence-electron chi connectivity index (χ4n) is 2.72. The Morgan fingerprint density at radius 1 is 1.37 bits per heavy atom. The molecule has 0 aliphatic carbocycles. The molecule has 1 aliphatic rings. The molecular weight excluding hydrogens is 236 g/mol. The number of piperidine rings is 1. The fraction of sp³-hybridized carbons (Fsp3) is 0.533. The van der Waals surface area contributed by atoms with E-state index in [0.29, 0.717) is 6.04 Å². The molecule has 0 spiro atoms. The Bertz CT molecular complexity index is 400. The van der Waals surface area contributed by atoms with E-state index >= 15 is 0 Å². The minimum atomic E-state index is 0.567. The van der Waals surface area contributed by atoms with Gasteiger partial charge in [0.05, 0.1) is 5.69 Å². The lowest BCUT2D eigenvalue weighted by Crippen LogP contribution is -2.51. The van der Waals surface area contributed by atoms with Crippen LogP contribution in [0.1, 0.15) is 39.0 Å². The molecule has 0 saturated carbocycles. The summed E-state index contributed by atoms with van der Waals surface area (Å²) in [5, 5.41) is 0. The molecule has 0 aromatic heterocycles. The van der Waals surface area contributed by atoms with Gasteiger partial charge in [0, 0.05) is 12.6 Å². The zero-order valence-corrected chi connectivity index (χ0v) is 11.7. The van der Waals surface area contributed by atoms with Crippen LogP contribution in [-0.4, -0.2) is 23.4 Å². The number of aliphatic imine (C=N–C) groups is 1. The van der Waals surface area contributed by atoms with Crippen molar-refractivity contribution >= 4 is 11.6 Å². The van der Waals surface area contributed by atoms with Gasteiger partial charge in [0.15, 0.2) is 0 Å². The summed E-state index contributed by atoms with van der Waals surface area (Å²) in [5.74, 6) is 6.48. The number of nitrogens with one attached hydrogen (secondary N) is 1. The number of nitrogens with two attached hydrogens (primary N) is 1. The first kappa shape index (κ1) is 13.9. The number of likely N-dealkylation sites (tertiary alicyclic amines) is 1. The van der Waals surface area contributed by atoms with Gasteiger partial charge >= 0.3 is 0 Å². The molecule has 0 radical (unpaired) electrons. The number of hydrogen-bond donors (Lipinski definition) is 2. The summed E-state index contributed by atoms with van der Waals surface area (Å²) in [4.78, 5) is 6.97. The number of guanidine groups is 1. The van der Waals surface area contributed by atoms with E-state index in [0.717, 1.165) is 18.2 Å². The lowest BCUT2D eigenvalue weighted by atomic mass is 9.99. The first-order valence-corrected chi connectivity index (χ1v) is 7.22. The predicted molar refractivity (Wildman–Crippen MR) is 80.1 cm³/mol. The molecule has 4 heteroatoms. The zero-order chi connectivity index (χ0) is 13.5. The molecule has 3 N–H and O–H groups in total. The van der Waals surface area contributed by atoms with Gasteiger partial charge in [0.25, 0.3) is 0 Å². The van der Waals surface area contributed by atoms with Gasteiger partial charge in [-0.25, -0.2) is 10.8 Å². The summed E-state index contributed by atoms with van der Waals surface area (Å²) < 4.78 is 0. The van der Waals surface area contributed by atoms with Crippen molar-refractivity contribution in [2.75, 3.05) is 6.54 Å². The van der Waals surface area contributed by atoms with E-state index in [4.69, 9.17) is 5.84 Å². The predicted octanol–water partition coefficient (Wildman–Crippen LogP) is 2.79. The minimum absolute atomic E-state index is 0.567. The molecule has 19 heavy (non-hydrogen) atoms. The molecular formula is C15H24N4. The summed E-state index contributed by atoms with van der Waals surface area (Å²) in [6.07, 6.45) is 6.17. The van der Waals surface area contributed by atoms with Crippen LogP contribution in [0.4, 0.5) is 5.69 Å². The lowest BCUT2D eigenvalue weighted by Gasteiger charge is -2.37. The molecule has 1 aliphatic heterocycles. The molecule has 0 bridgehead atoms. The SMILES string of the molecule is CCCC1CCCCN1C(=Nc1ccccc1)NN. The summed E-state index contributed by atoms with van der Waals surface area (Å²) in [7, 11) is 0. The van der Waals surface area contributed by atoms with Gasteiger partial charge in [0.2, 0.25) is 5.96 Å². The first-order chi connectivity index (χ1) is 9.35. The van der Waals surface area contributed by atoms with Crippen molar-refractivity contribution in [1.82, 2.24) is 10.3 Å². The van der Waals surface area contributed by atoms with E-state index in [9.17, 15) is 0 Å². The first-order valence-electron chi connectivity index (χ1n) is 7.22. The molecule has 1 heterocycles. The Kier molecular flexibility index (Phi) is 5.21. The average molecular weight is 260 g/mol. The topological polar surface area (TPSA) is 53.6 Å². The van der Waals surface area contributed by atoms with Crippen molar-refractivity contribution in [2.45, 2.75) is 45.1 Å². The Labute approximate surface area is 115 Å². The van der Waals surface area contributed by atoms with Crippen LogP contribution in [-0.2, 0) is 0 Å². The average Bonchev–Trinajstić information content (AvgIpc) is 2.47. The number of benzene rings is 1. The number of rotatable bonds is 3. The maximum absolute atomic E-state index is 5.69. The number of nitrogens with zero attached hydrogens (tertiary/aromatic N) is 2. The van der Waals surface area contributed by atoms with Crippen molar-refractivity contribution in [1.29, 1.82) is 0 Å². The van der Waals surface area contributed by atoms with E-state index in [1.54, 1.807) is 0 Å². The quantitative estimate of drug-likeness (QED) is 0.380. The third-order valence-corrected chi connectivity index (χ3v) is 3.64. The van der Waals surface area contributed by atoms with Gasteiger partial charge in [-0.3, -0.25) is 5.43 Å². The zero-order valence-electron chi connectivity index (χ0n) is 11.7. The van der Waals surface area contributed by atoms with Crippen LogP contribution >= 0.6 is 0 Å². The van der Waals surface area contributed by atoms with Crippen molar-refractivity contribution in [3.05, 3.63) is 30.3 Å². The maximum Gasteiger partial charge on any atom is 0.213 e. The van der Waals surface area contributed by atoms with Crippen LogP contribution in [0.5, 0.6) is 0 Å². The highest BCUT2D eigenvalue weighted by atomic mass is 15.4. The highest BCUT2D eigenvalue weighted by molar-refractivity contribution is 5.82. The highest BCUT2D eigenvalue weighted by Crippen LogP contribution is 2.22. The summed E-state index contributed by atoms with van der Waals surface area (Å²) in [6.45, 7) is 3.28. The summed E-state index contributed by atoms with van der Waals surface area (Å²) in [6, 6.07) is 10.5. The molecule has 1 aromatic rings. The largest absolute Gasteiger partial charge is 0.339 e. The van der Waals surface area contributed by atoms with Crippen molar-refractivity contribution < 1.29 is 0 Å². The van der Waals surface area contributed by atoms with Crippen LogP contribution < -0.4 is 11.3 Å². The Hall–Kier alpha value is -1.55. The monoisotopic (exact) mass is 260 g/mol. The van der Waals surface area contributed by atoms with Gasteiger partial charge in [-0.2, -0.15) is 0 Å². The minimum Gasteiger partial charge on any atom is -0.339 e. The third-order valence-electron chi connectivity index (χ3n) is 3.64. The molecule has 4 nitrogen and oxygen atoms in total. The molecule has 1 fully saturated rings. The summed E-state index contributed by atoms with van der Waals surface area (Å²) >= 11 is 0.